The van der Waals surface area contributed by atoms with E-state index in [1.165, 1.54) is 12.5 Å². The first-order valence-corrected chi connectivity index (χ1v) is 7.84. The highest BCUT2D eigenvalue weighted by Gasteiger charge is 2.28. The molecule has 1 saturated heterocycles. The Kier molecular flexibility index (Phi) is 4.66. The van der Waals surface area contributed by atoms with Crippen molar-refractivity contribution in [2.75, 3.05) is 31.5 Å². The second-order valence-electron chi connectivity index (χ2n) is 5.84. The highest BCUT2D eigenvalue weighted by Crippen LogP contribution is 2.14. The molecule has 8 heteroatoms. The lowest BCUT2D eigenvalue weighted by atomic mass is 10.2. The Morgan fingerprint density at radius 3 is 2.62 bits per heavy atom. The molecule has 3 rings (SSSR count). The first-order valence-electron chi connectivity index (χ1n) is 7.84. The smallest absolute Gasteiger partial charge is 0.257 e. The van der Waals surface area contributed by atoms with Gasteiger partial charge >= 0.3 is 0 Å². The fourth-order valence-corrected chi connectivity index (χ4v) is 2.70. The maximum atomic E-state index is 12.3. The predicted molar refractivity (Wildman–Crippen MR) is 85.5 cm³/mol. The number of amides is 2. The highest BCUT2D eigenvalue weighted by atomic mass is 16.5. The number of carbonyl (C=O) groups is 2. The summed E-state index contributed by atoms with van der Waals surface area (Å²) in [5.41, 5.74) is 1.26. The van der Waals surface area contributed by atoms with Crippen molar-refractivity contribution in [3.05, 3.63) is 35.9 Å². The second-order valence-corrected chi connectivity index (χ2v) is 5.84. The number of aromatic nitrogens is 1. The average molecular weight is 332 g/mol. The van der Waals surface area contributed by atoms with Crippen LogP contribution in [-0.2, 0) is 4.79 Å². The average Bonchev–Trinajstić information content (AvgIpc) is 3.25. The van der Waals surface area contributed by atoms with Crippen LogP contribution in [0.5, 0.6) is 0 Å². The van der Waals surface area contributed by atoms with Crippen LogP contribution < -0.4 is 5.32 Å². The monoisotopic (exact) mass is 332 g/mol. The van der Waals surface area contributed by atoms with Crippen LogP contribution in [0.15, 0.2) is 33.6 Å². The summed E-state index contributed by atoms with van der Waals surface area (Å²) in [4.78, 5) is 28.4. The minimum absolute atomic E-state index is 0.0439. The molecular formula is C16H20N4O4. The fourth-order valence-electron chi connectivity index (χ4n) is 2.70. The van der Waals surface area contributed by atoms with Gasteiger partial charge in [-0.05, 0) is 19.9 Å². The number of rotatable bonds is 4. The van der Waals surface area contributed by atoms with Crippen molar-refractivity contribution >= 4 is 17.7 Å². The number of nitrogens with one attached hydrogen (secondary N) is 1. The van der Waals surface area contributed by atoms with Crippen LogP contribution in [0.1, 0.15) is 23.0 Å². The molecule has 1 unspecified atom stereocenters. The van der Waals surface area contributed by atoms with Crippen molar-refractivity contribution in [3.63, 3.8) is 0 Å². The van der Waals surface area contributed by atoms with Gasteiger partial charge in [-0.3, -0.25) is 19.8 Å². The van der Waals surface area contributed by atoms with E-state index in [9.17, 15) is 9.59 Å². The van der Waals surface area contributed by atoms with Crippen LogP contribution >= 0.6 is 0 Å². The van der Waals surface area contributed by atoms with E-state index < -0.39 is 0 Å². The quantitative estimate of drug-likeness (QED) is 0.909. The lowest BCUT2D eigenvalue weighted by molar-refractivity contribution is -0.121. The van der Waals surface area contributed by atoms with Crippen molar-refractivity contribution < 1.29 is 18.5 Å². The van der Waals surface area contributed by atoms with Crippen molar-refractivity contribution in [2.24, 2.45) is 0 Å². The van der Waals surface area contributed by atoms with Crippen LogP contribution in [0, 0.1) is 6.92 Å². The summed E-state index contributed by atoms with van der Waals surface area (Å²) in [5, 5.41) is 6.45. The summed E-state index contributed by atoms with van der Waals surface area (Å²) in [6, 6.07) is 3.01. The number of nitrogens with zero attached hydrogens (tertiary/aromatic N) is 3. The summed E-state index contributed by atoms with van der Waals surface area (Å²) in [5.74, 6) is 0.150. The van der Waals surface area contributed by atoms with Gasteiger partial charge in [0.15, 0.2) is 0 Å². The molecule has 0 spiro atoms. The Morgan fingerprint density at radius 1 is 1.29 bits per heavy atom. The first kappa shape index (κ1) is 16.3. The van der Waals surface area contributed by atoms with E-state index in [0.717, 1.165) is 0 Å². The van der Waals surface area contributed by atoms with E-state index in [2.05, 4.69) is 10.5 Å². The molecule has 128 valence electrons. The zero-order valence-electron chi connectivity index (χ0n) is 13.7. The molecule has 2 aromatic heterocycles. The minimum atomic E-state index is -0.318. The SMILES string of the molecule is Cc1cc(NC(=O)C(C)N2CCN(C(=O)c3ccoc3)CC2)on1. The number of piperazine rings is 1. The molecule has 24 heavy (non-hydrogen) atoms. The molecule has 3 heterocycles. The third-order valence-electron chi connectivity index (χ3n) is 4.17. The van der Waals surface area contributed by atoms with E-state index in [0.29, 0.717) is 43.3 Å². The van der Waals surface area contributed by atoms with Crippen molar-refractivity contribution in [1.29, 1.82) is 0 Å². The summed E-state index contributed by atoms with van der Waals surface area (Å²) >= 11 is 0. The van der Waals surface area contributed by atoms with E-state index in [4.69, 9.17) is 8.94 Å². The predicted octanol–water partition coefficient (Wildman–Crippen LogP) is 1.36. The molecule has 2 aromatic rings. The van der Waals surface area contributed by atoms with Crippen molar-refractivity contribution in [3.8, 4) is 0 Å². The van der Waals surface area contributed by atoms with Gasteiger partial charge in [0.25, 0.3) is 5.91 Å². The molecule has 0 saturated carbocycles. The van der Waals surface area contributed by atoms with Gasteiger partial charge in [-0.15, -0.1) is 0 Å². The number of hydrogen-bond donors (Lipinski definition) is 1. The van der Waals surface area contributed by atoms with E-state index >= 15 is 0 Å². The van der Waals surface area contributed by atoms with E-state index in [1.54, 1.807) is 24.0 Å². The molecule has 1 N–H and O–H groups in total. The summed E-state index contributed by atoms with van der Waals surface area (Å²) in [6.45, 7) is 6.04. The third kappa shape index (κ3) is 3.48. The molecule has 0 aliphatic carbocycles. The largest absolute Gasteiger partial charge is 0.472 e. The molecule has 1 aliphatic heterocycles. The number of carbonyl (C=O) groups excluding carboxylic acids is 2. The maximum Gasteiger partial charge on any atom is 0.257 e. The van der Waals surface area contributed by atoms with Gasteiger partial charge in [0.05, 0.1) is 23.6 Å². The second kappa shape index (κ2) is 6.88. The van der Waals surface area contributed by atoms with Gasteiger partial charge in [-0.2, -0.15) is 0 Å². The lowest BCUT2D eigenvalue weighted by Gasteiger charge is -2.37. The number of anilines is 1. The minimum Gasteiger partial charge on any atom is -0.472 e. The fraction of sp³-hybridized carbons (Fsp3) is 0.438. The molecule has 1 aliphatic rings. The third-order valence-corrected chi connectivity index (χ3v) is 4.17. The van der Waals surface area contributed by atoms with Crippen molar-refractivity contribution in [2.45, 2.75) is 19.9 Å². The molecule has 0 radical (unpaired) electrons. The Bertz CT molecular complexity index is 701. The Balaban J connectivity index is 1.52. The summed E-state index contributed by atoms with van der Waals surface area (Å²) in [7, 11) is 0. The van der Waals surface area contributed by atoms with E-state index in [-0.39, 0.29) is 17.9 Å². The van der Waals surface area contributed by atoms with Gasteiger partial charge in [0.1, 0.15) is 6.26 Å². The Hall–Kier alpha value is -2.61. The number of aryl methyl sites for hydroxylation is 1. The molecule has 0 bridgehead atoms. The Morgan fingerprint density at radius 2 is 2.04 bits per heavy atom. The molecular weight excluding hydrogens is 312 g/mol. The molecule has 2 amide bonds. The van der Waals surface area contributed by atoms with Crippen LogP contribution in [0.25, 0.3) is 0 Å². The zero-order valence-corrected chi connectivity index (χ0v) is 13.7. The van der Waals surface area contributed by atoms with Crippen LogP contribution in [0.3, 0.4) is 0 Å². The lowest BCUT2D eigenvalue weighted by Crippen LogP contribution is -2.54. The highest BCUT2D eigenvalue weighted by molar-refractivity contribution is 5.94. The van der Waals surface area contributed by atoms with Gasteiger partial charge in [0, 0.05) is 32.2 Å². The summed E-state index contributed by atoms with van der Waals surface area (Å²) < 4.78 is 9.95. The van der Waals surface area contributed by atoms with Crippen LogP contribution in [0.2, 0.25) is 0 Å². The molecule has 0 aromatic carbocycles. The maximum absolute atomic E-state index is 12.3. The van der Waals surface area contributed by atoms with Gasteiger partial charge in [0.2, 0.25) is 11.8 Å². The van der Waals surface area contributed by atoms with E-state index in [1.807, 2.05) is 11.8 Å². The standard InChI is InChI=1S/C16H20N4O4/c1-11-9-14(24-18-11)17-15(21)12(2)19-4-6-20(7-5-19)16(22)13-3-8-23-10-13/h3,8-10,12H,4-7H2,1-2H3,(H,17,21). The summed E-state index contributed by atoms with van der Waals surface area (Å²) in [6.07, 6.45) is 2.94. The Labute approximate surface area is 139 Å². The van der Waals surface area contributed by atoms with Crippen LogP contribution in [0.4, 0.5) is 5.88 Å². The first-order chi connectivity index (χ1) is 11.5. The topological polar surface area (TPSA) is 91.8 Å². The van der Waals surface area contributed by atoms with Gasteiger partial charge < -0.3 is 13.8 Å². The molecule has 1 atom stereocenters. The van der Waals surface area contributed by atoms with Crippen LogP contribution in [-0.4, -0.2) is 59.0 Å². The number of hydrogen-bond acceptors (Lipinski definition) is 6. The van der Waals surface area contributed by atoms with Crippen molar-refractivity contribution in [1.82, 2.24) is 15.0 Å². The molecule has 1 fully saturated rings. The zero-order chi connectivity index (χ0) is 17.1. The number of furan rings is 1. The normalized spacial score (nSPS) is 16.8. The molecule has 8 nitrogen and oxygen atoms in total. The van der Waals surface area contributed by atoms with Gasteiger partial charge in [-0.1, -0.05) is 5.16 Å². The van der Waals surface area contributed by atoms with Gasteiger partial charge in [-0.25, -0.2) is 0 Å².